The van der Waals surface area contributed by atoms with Gasteiger partial charge in [-0.1, -0.05) is 12.8 Å². The molecule has 1 fully saturated rings. The van der Waals surface area contributed by atoms with Gasteiger partial charge in [0.05, 0.1) is 17.8 Å². The van der Waals surface area contributed by atoms with Gasteiger partial charge in [-0.2, -0.15) is 0 Å². The number of aliphatic hydroxyl groups excluding tert-OH is 2. The Labute approximate surface area is 132 Å². The van der Waals surface area contributed by atoms with Crippen LogP contribution in [0.2, 0.25) is 0 Å². The first-order chi connectivity index (χ1) is 9.99. The maximum atomic E-state index is 11.5. The number of anilines is 2. The maximum absolute atomic E-state index is 11.5. The van der Waals surface area contributed by atoms with Crippen molar-refractivity contribution in [3.63, 3.8) is 0 Å². The minimum absolute atomic E-state index is 0.0788. The molecule has 6 heteroatoms. The number of amides is 1. The van der Waals surface area contributed by atoms with Crippen molar-refractivity contribution in [3.8, 4) is 0 Å². The minimum Gasteiger partial charge on any atom is -0.391 e. The lowest BCUT2D eigenvalue weighted by molar-refractivity contribution is -0.123. The van der Waals surface area contributed by atoms with Crippen LogP contribution < -0.4 is 10.2 Å². The van der Waals surface area contributed by atoms with Crippen molar-refractivity contribution in [3.05, 3.63) is 22.2 Å². The van der Waals surface area contributed by atoms with Gasteiger partial charge in [-0.3, -0.25) is 4.79 Å². The fourth-order valence-electron chi connectivity index (χ4n) is 3.25. The highest BCUT2D eigenvalue weighted by molar-refractivity contribution is 9.10. The van der Waals surface area contributed by atoms with Crippen molar-refractivity contribution in [2.75, 3.05) is 17.3 Å². The molecule has 1 aromatic carbocycles. The molecular weight excluding hydrogens is 336 g/mol. The Morgan fingerprint density at radius 1 is 1.29 bits per heavy atom. The quantitative estimate of drug-likeness (QED) is 0.760. The van der Waals surface area contributed by atoms with E-state index in [0.29, 0.717) is 11.3 Å². The van der Waals surface area contributed by atoms with Crippen LogP contribution in [0.4, 0.5) is 11.4 Å². The highest BCUT2D eigenvalue weighted by Gasteiger charge is 2.32. The molecule has 5 nitrogen and oxygen atoms in total. The zero-order valence-electron chi connectivity index (χ0n) is 11.8. The van der Waals surface area contributed by atoms with Crippen LogP contribution in [0.3, 0.4) is 0 Å². The highest BCUT2D eigenvalue weighted by Crippen LogP contribution is 2.40. The summed E-state index contributed by atoms with van der Waals surface area (Å²) >= 11 is 3.51. The molecule has 3 rings (SSSR count). The SMILES string of the molecule is CN(c1cc2c(cc1Br)C(O)C(=O)N2)C1CCCCC1O. The number of aliphatic hydroxyl groups is 2. The molecule has 2 aliphatic rings. The molecule has 1 aromatic rings. The van der Waals surface area contributed by atoms with Crippen molar-refractivity contribution in [2.45, 2.75) is 43.9 Å². The molecule has 0 bridgehead atoms. The van der Waals surface area contributed by atoms with Gasteiger partial charge < -0.3 is 20.4 Å². The first-order valence-electron chi connectivity index (χ1n) is 7.22. The predicted molar refractivity (Wildman–Crippen MR) is 84.4 cm³/mol. The molecular formula is C15H19BrN2O3. The van der Waals surface area contributed by atoms with Crippen molar-refractivity contribution in [1.82, 2.24) is 0 Å². The second kappa shape index (κ2) is 5.59. The van der Waals surface area contributed by atoms with Crippen LogP contribution in [0.25, 0.3) is 0 Å². The van der Waals surface area contributed by atoms with Crippen LogP contribution in [0.1, 0.15) is 37.4 Å². The molecule has 114 valence electrons. The number of likely N-dealkylation sites (N-methyl/N-ethyl adjacent to an activating group) is 1. The monoisotopic (exact) mass is 354 g/mol. The fraction of sp³-hybridized carbons (Fsp3) is 0.533. The molecule has 1 saturated carbocycles. The summed E-state index contributed by atoms with van der Waals surface area (Å²) in [6.07, 6.45) is 2.53. The van der Waals surface area contributed by atoms with Crippen LogP contribution in [-0.2, 0) is 4.79 Å². The number of rotatable bonds is 2. The number of benzene rings is 1. The Hall–Kier alpha value is -1.11. The van der Waals surface area contributed by atoms with Gasteiger partial charge in [-0.05, 0) is 40.9 Å². The highest BCUT2D eigenvalue weighted by atomic mass is 79.9. The van der Waals surface area contributed by atoms with Gasteiger partial charge in [-0.15, -0.1) is 0 Å². The van der Waals surface area contributed by atoms with Crippen molar-refractivity contribution in [2.24, 2.45) is 0 Å². The lowest BCUT2D eigenvalue weighted by atomic mass is 9.91. The molecule has 0 radical (unpaired) electrons. The molecule has 3 unspecified atom stereocenters. The molecule has 0 aromatic heterocycles. The van der Waals surface area contributed by atoms with E-state index in [1.165, 1.54) is 0 Å². The molecule has 3 N–H and O–H groups in total. The number of hydrogen-bond donors (Lipinski definition) is 3. The minimum atomic E-state index is -1.10. The number of hydrogen-bond acceptors (Lipinski definition) is 4. The normalized spacial score (nSPS) is 28.2. The zero-order chi connectivity index (χ0) is 15.1. The summed E-state index contributed by atoms with van der Waals surface area (Å²) in [5.74, 6) is -0.394. The molecule has 1 aliphatic carbocycles. The second-order valence-electron chi connectivity index (χ2n) is 5.81. The van der Waals surface area contributed by atoms with E-state index in [4.69, 9.17) is 0 Å². The second-order valence-corrected chi connectivity index (χ2v) is 6.67. The van der Waals surface area contributed by atoms with Crippen molar-refractivity contribution >= 4 is 33.2 Å². The molecule has 3 atom stereocenters. The predicted octanol–water partition coefficient (Wildman–Crippen LogP) is 2.17. The third kappa shape index (κ3) is 2.56. The smallest absolute Gasteiger partial charge is 0.257 e. The topological polar surface area (TPSA) is 72.8 Å². The Balaban J connectivity index is 1.92. The molecule has 1 heterocycles. The Morgan fingerprint density at radius 3 is 2.71 bits per heavy atom. The Morgan fingerprint density at radius 2 is 2.00 bits per heavy atom. The Bertz CT molecular complexity index is 578. The third-order valence-electron chi connectivity index (χ3n) is 4.49. The van der Waals surface area contributed by atoms with E-state index in [9.17, 15) is 15.0 Å². The first-order valence-corrected chi connectivity index (χ1v) is 8.01. The van der Waals surface area contributed by atoms with E-state index < -0.39 is 12.0 Å². The molecule has 0 spiro atoms. The van der Waals surface area contributed by atoms with Gasteiger partial charge in [0.25, 0.3) is 5.91 Å². The van der Waals surface area contributed by atoms with Crippen molar-refractivity contribution < 1.29 is 15.0 Å². The average Bonchev–Trinajstić information content (AvgIpc) is 2.73. The largest absolute Gasteiger partial charge is 0.391 e. The van der Waals surface area contributed by atoms with Crippen LogP contribution in [0.5, 0.6) is 0 Å². The van der Waals surface area contributed by atoms with E-state index in [1.54, 1.807) is 6.07 Å². The number of fused-ring (bicyclic) bond motifs is 1. The molecule has 0 saturated heterocycles. The molecule has 1 amide bonds. The maximum Gasteiger partial charge on any atom is 0.257 e. The van der Waals surface area contributed by atoms with Gasteiger partial charge in [-0.25, -0.2) is 0 Å². The number of nitrogens with zero attached hydrogens (tertiary/aromatic N) is 1. The van der Waals surface area contributed by atoms with E-state index in [0.717, 1.165) is 35.8 Å². The first kappa shape index (κ1) is 14.8. The van der Waals surface area contributed by atoms with Crippen LogP contribution in [0.15, 0.2) is 16.6 Å². The van der Waals surface area contributed by atoms with Crippen molar-refractivity contribution in [1.29, 1.82) is 0 Å². The lowest BCUT2D eigenvalue weighted by Gasteiger charge is -2.37. The number of halogens is 1. The van der Waals surface area contributed by atoms with Gasteiger partial charge in [0, 0.05) is 22.8 Å². The zero-order valence-corrected chi connectivity index (χ0v) is 13.4. The van der Waals surface area contributed by atoms with Crippen LogP contribution in [-0.4, -0.2) is 35.3 Å². The number of carbonyl (C=O) groups excluding carboxylic acids is 1. The summed E-state index contributed by atoms with van der Waals surface area (Å²) in [4.78, 5) is 13.6. The summed E-state index contributed by atoms with van der Waals surface area (Å²) in [5.41, 5.74) is 2.14. The van der Waals surface area contributed by atoms with E-state index >= 15 is 0 Å². The van der Waals surface area contributed by atoms with E-state index in [-0.39, 0.29) is 12.1 Å². The third-order valence-corrected chi connectivity index (χ3v) is 5.13. The van der Waals surface area contributed by atoms with Gasteiger partial charge in [0.2, 0.25) is 0 Å². The molecule has 1 aliphatic heterocycles. The van der Waals surface area contributed by atoms with Gasteiger partial charge in [0.15, 0.2) is 6.10 Å². The Kier molecular flexibility index (Phi) is 3.94. The molecule has 21 heavy (non-hydrogen) atoms. The summed E-state index contributed by atoms with van der Waals surface area (Å²) < 4.78 is 0.817. The average molecular weight is 355 g/mol. The number of carbonyl (C=O) groups is 1. The van der Waals surface area contributed by atoms with Crippen LogP contribution in [0, 0.1) is 0 Å². The van der Waals surface area contributed by atoms with Crippen LogP contribution >= 0.6 is 15.9 Å². The number of nitrogens with one attached hydrogen (secondary N) is 1. The van der Waals surface area contributed by atoms with E-state index in [2.05, 4.69) is 26.1 Å². The summed E-state index contributed by atoms with van der Waals surface area (Å²) in [6, 6.07) is 3.71. The fourth-order valence-corrected chi connectivity index (χ4v) is 3.89. The standard InChI is InChI=1S/C15H19BrN2O3/c1-18(11-4-2-3-5-13(11)19)12-7-10-8(6-9(12)16)14(20)15(21)17-10/h6-7,11,13-14,19-20H,2-5H2,1H3,(H,17,21). The summed E-state index contributed by atoms with van der Waals surface area (Å²) in [7, 11) is 1.96. The lowest BCUT2D eigenvalue weighted by Crippen LogP contribution is -2.43. The summed E-state index contributed by atoms with van der Waals surface area (Å²) in [5, 5.41) is 22.7. The van der Waals surface area contributed by atoms with Gasteiger partial charge >= 0.3 is 0 Å². The van der Waals surface area contributed by atoms with E-state index in [1.807, 2.05) is 13.1 Å². The van der Waals surface area contributed by atoms with Gasteiger partial charge in [0.1, 0.15) is 0 Å². The summed E-state index contributed by atoms with van der Waals surface area (Å²) in [6.45, 7) is 0.